The van der Waals surface area contributed by atoms with Crippen molar-refractivity contribution in [3.05, 3.63) is 52.3 Å². The number of carbonyl (C=O) groups excluding carboxylic acids is 1. The Morgan fingerprint density at radius 3 is 2.74 bits per heavy atom. The summed E-state index contributed by atoms with van der Waals surface area (Å²) in [6, 6.07) is 3.52. The highest BCUT2D eigenvalue weighted by atomic mass is 19.1. The van der Waals surface area contributed by atoms with Crippen LogP contribution in [0.25, 0.3) is 0 Å². The summed E-state index contributed by atoms with van der Waals surface area (Å²) in [6.45, 7) is 5.84. The van der Waals surface area contributed by atoms with E-state index in [1.807, 2.05) is 6.92 Å². The van der Waals surface area contributed by atoms with E-state index in [1.54, 1.807) is 4.90 Å². The van der Waals surface area contributed by atoms with Crippen LogP contribution in [0.4, 0.5) is 8.78 Å². The highest BCUT2D eigenvalue weighted by molar-refractivity contribution is 5.94. The van der Waals surface area contributed by atoms with Crippen LogP contribution in [0.2, 0.25) is 0 Å². The Morgan fingerprint density at radius 1 is 1.22 bits per heavy atom. The maximum absolute atomic E-state index is 14.1. The molecular weight excluding hydrogens is 352 g/mol. The maximum atomic E-state index is 14.1. The zero-order chi connectivity index (χ0) is 19.0. The minimum atomic E-state index is -0.573. The fraction of sp³-hybridized carbons (Fsp3) is 0.474. The summed E-state index contributed by atoms with van der Waals surface area (Å²) in [7, 11) is 0. The van der Waals surface area contributed by atoms with Gasteiger partial charge in [-0.1, -0.05) is 6.07 Å². The molecule has 2 N–H and O–H groups in total. The normalized spacial score (nSPS) is 19.0. The number of H-pyrrole nitrogens is 1. The number of nitrogens with zero attached hydrogens (tertiary/aromatic N) is 3. The van der Waals surface area contributed by atoms with Gasteiger partial charge >= 0.3 is 0 Å². The first-order valence-electron chi connectivity index (χ1n) is 9.29. The number of fused-ring (bicyclic) bond motifs is 1. The fourth-order valence-corrected chi connectivity index (χ4v) is 3.90. The molecule has 0 saturated carbocycles. The van der Waals surface area contributed by atoms with E-state index in [9.17, 15) is 13.6 Å². The van der Waals surface area contributed by atoms with Crippen molar-refractivity contribution in [3.8, 4) is 0 Å². The topological polar surface area (TPSA) is 64.3 Å². The average Bonchev–Trinajstić information content (AvgIpc) is 3.11. The molecule has 1 atom stereocenters. The summed E-state index contributed by atoms with van der Waals surface area (Å²) >= 11 is 0. The van der Waals surface area contributed by atoms with Crippen molar-refractivity contribution < 1.29 is 13.6 Å². The van der Waals surface area contributed by atoms with Gasteiger partial charge < -0.3 is 10.2 Å². The molecule has 3 heterocycles. The molecule has 1 aromatic heterocycles. The van der Waals surface area contributed by atoms with Crippen molar-refractivity contribution in [1.29, 1.82) is 0 Å². The first-order valence-corrected chi connectivity index (χ1v) is 9.29. The molecule has 6 nitrogen and oxygen atoms in total. The lowest BCUT2D eigenvalue weighted by Crippen LogP contribution is -2.49. The van der Waals surface area contributed by atoms with E-state index in [-0.39, 0.29) is 11.9 Å². The number of rotatable bonds is 3. The minimum absolute atomic E-state index is 0.0588. The molecule has 144 valence electrons. The van der Waals surface area contributed by atoms with Crippen LogP contribution in [-0.2, 0) is 13.0 Å². The van der Waals surface area contributed by atoms with Crippen LogP contribution >= 0.6 is 0 Å². The van der Waals surface area contributed by atoms with Crippen molar-refractivity contribution >= 4 is 5.91 Å². The zero-order valence-corrected chi connectivity index (χ0v) is 15.3. The third-order valence-electron chi connectivity index (χ3n) is 5.57. The number of nitrogens with one attached hydrogen (secondary N) is 2. The molecule has 1 aromatic carbocycles. The number of aromatic amines is 1. The summed E-state index contributed by atoms with van der Waals surface area (Å²) < 4.78 is 27.2. The number of piperazine rings is 1. The number of carbonyl (C=O) groups is 1. The summed E-state index contributed by atoms with van der Waals surface area (Å²) in [5.41, 5.74) is 2.98. The highest BCUT2D eigenvalue weighted by Gasteiger charge is 2.30. The first-order chi connectivity index (χ1) is 13.0. The van der Waals surface area contributed by atoms with Crippen molar-refractivity contribution in [3.63, 3.8) is 0 Å². The number of halogens is 2. The van der Waals surface area contributed by atoms with Gasteiger partial charge in [-0.2, -0.15) is 5.10 Å². The summed E-state index contributed by atoms with van der Waals surface area (Å²) in [5, 5.41) is 10.5. The van der Waals surface area contributed by atoms with Gasteiger partial charge in [0, 0.05) is 74.6 Å². The molecule has 1 saturated heterocycles. The van der Waals surface area contributed by atoms with E-state index < -0.39 is 11.6 Å². The minimum Gasteiger partial charge on any atom is -0.335 e. The van der Waals surface area contributed by atoms with Gasteiger partial charge in [-0.3, -0.25) is 14.8 Å². The van der Waals surface area contributed by atoms with Gasteiger partial charge in [0.1, 0.15) is 11.6 Å². The van der Waals surface area contributed by atoms with Crippen molar-refractivity contribution in [2.45, 2.75) is 25.9 Å². The lowest BCUT2D eigenvalue weighted by molar-refractivity contribution is 0.0572. The van der Waals surface area contributed by atoms with Gasteiger partial charge in [0.05, 0.1) is 0 Å². The SMILES string of the molecule is CC(c1ccc(F)cc1F)N1CCN(C(=O)c2n[nH]c3c2CNCC3)CC1. The molecule has 2 aliphatic heterocycles. The predicted octanol–water partition coefficient (Wildman–Crippen LogP) is 1.85. The second kappa shape index (κ2) is 7.36. The van der Waals surface area contributed by atoms with Crippen LogP contribution < -0.4 is 5.32 Å². The van der Waals surface area contributed by atoms with Crippen LogP contribution in [0.5, 0.6) is 0 Å². The summed E-state index contributed by atoms with van der Waals surface area (Å²) in [5.74, 6) is -1.16. The molecule has 2 aromatic rings. The van der Waals surface area contributed by atoms with Crippen molar-refractivity contribution in [2.24, 2.45) is 0 Å². The number of hydrogen-bond donors (Lipinski definition) is 2. The van der Waals surface area contributed by atoms with Crippen LogP contribution in [0.1, 0.15) is 40.3 Å². The first kappa shape index (κ1) is 18.1. The molecule has 0 aliphatic carbocycles. The van der Waals surface area contributed by atoms with Gasteiger partial charge in [-0.05, 0) is 13.0 Å². The summed E-state index contributed by atoms with van der Waals surface area (Å²) in [6.07, 6.45) is 0.851. The second-order valence-electron chi connectivity index (χ2n) is 7.13. The Morgan fingerprint density at radius 2 is 2.00 bits per heavy atom. The van der Waals surface area contributed by atoms with Gasteiger partial charge in [-0.25, -0.2) is 8.78 Å². The number of amides is 1. The molecule has 4 rings (SSSR count). The van der Waals surface area contributed by atoms with Crippen molar-refractivity contribution in [1.82, 2.24) is 25.3 Å². The quantitative estimate of drug-likeness (QED) is 0.860. The van der Waals surface area contributed by atoms with Crippen LogP contribution in [0, 0.1) is 11.6 Å². The zero-order valence-electron chi connectivity index (χ0n) is 15.3. The summed E-state index contributed by atoms with van der Waals surface area (Å²) in [4.78, 5) is 16.8. The maximum Gasteiger partial charge on any atom is 0.274 e. The molecule has 0 spiro atoms. The molecule has 1 fully saturated rings. The third kappa shape index (κ3) is 3.46. The van der Waals surface area contributed by atoms with E-state index >= 15 is 0 Å². The Bertz CT molecular complexity index is 845. The van der Waals surface area contributed by atoms with Crippen LogP contribution in [-0.4, -0.2) is 58.6 Å². The number of benzene rings is 1. The van der Waals surface area contributed by atoms with Crippen molar-refractivity contribution in [2.75, 3.05) is 32.7 Å². The third-order valence-corrected chi connectivity index (χ3v) is 5.57. The predicted molar refractivity (Wildman–Crippen MR) is 96.2 cm³/mol. The largest absolute Gasteiger partial charge is 0.335 e. The fourth-order valence-electron chi connectivity index (χ4n) is 3.90. The number of hydrogen-bond acceptors (Lipinski definition) is 4. The molecule has 0 radical (unpaired) electrons. The Hall–Kier alpha value is -2.32. The lowest BCUT2D eigenvalue weighted by atomic mass is 10.0. The van der Waals surface area contributed by atoms with Gasteiger partial charge in [-0.15, -0.1) is 0 Å². The monoisotopic (exact) mass is 375 g/mol. The van der Waals surface area contributed by atoms with E-state index in [0.29, 0.717) is 44.0 Å². The van der Waals surface area contributed by atoms with Gasteiger partial charge in [0.2, 0.25) is 0 Å². The van der Waals surface area contributed by atoms with Gasteiger partial charge in [0.15, 0.2) is 5.69 Å². The van der Waals surface area contributed by atoms with E-state index in [0.717, 1.165) is 30.3 Å². The molecule has 0 bridgehead atoms. The van der Waals surface area contributed by atoms with Gasteiger partial charge in [0.25, 0.3) is 5.91 Å². The average molecular weight is 375 g/mol. The Balaban J connectivity index is 1.41. The molecule has 27 heavy (non-hydrogen) atoms. The highest BCUT2D eigenvalue weighted by Crippen LogP contribution is 2.25. The van der Waals surface area contributed by atoms with Crippen LogP contribution in [0.15, 0.2) is 18.2 Å². The Labute approximate surface area is 156 Å². The molecule has 1 unspecified atom stereocenters. The molecule has 1 amide bonds. The molecular formula is C19H23F2N5O. The lowest BCUT2D eigenvalue weighted by Gasteiger charge is -2.38. The Kier molecular flexibility index (Phi) is 4.92. The smallest absolute Gasteiger partial charge is 0.274 e. The second-order valence-corrected chi connectivity index (χ2v) is 7.13. The van der Waals surface area contributed by atoms with E-state index in [4.69, 9.17) is 0 Å². The van der Waals surface area contributed by atoms with Crippen LogP contribution in [0.3, 0.4) is 0 Å². The van der Waals surface area contributed by atoms with E-state index in [1.165, 1.54) is 12.1 Å². The van der Waals surface area contributed by atoms with E-state index in [2.05, 4.69) is 20.4 Å². The standard InChI is InChI=1S/C19H23F2N5O/c1-12(14-3-2-13(20)10-16(14)21)25-6-8-26(9-7-25)19(27)18-15-11-22-5-4-17(15)23-24-18/h2-3,10,12,22H,4-9,11H2,1H3,(H,23,24). The molecule has 2 aliphatic rings. The molecule has 8 heteroatoms. The number of aromatic nitrogens is 2.